The second kappa shape index (κ2) is 8.71. The first-order valence-corrected chi connectivity index (χ1v) is 6.13. The second-order valence-electron chi connectivity index (χ2n) is 3.12. The van der Waals surface area contributed by atoms with Crippen molar-refractivity contribution in [2.75, 3.05) is 25.4 Å². The molecular formula is C9H16N2O5S. The number of urea groups is 1. The van der Waals surface area contributed by atoms with Gasteiger partial charge in [0.05, 0.1) is 12.3 Å². The lowest BCUT2D eigenvalue weighted by molar-refractivity contribution is -0.138. The highest BCUT2D eigenvalue weighted by Crippen LogP contribution is 1.90. The molecule has 0 spiro atoms. The fraction of sp³-hybridized carbons (Fsp3) is 0.556. The molecule has 0 saturated carbocycles. The third kappa shape index (κ3) is 9.52. The topological polar surface area (TPSA) is 105 Å². The molecular weight excluding hydrogens is 248 g/mol. The van der Waals surface area contributed by atoms with Gasteiger partial charge in [-0.2, -0.15) is 0 Å². The molecule has 0 heterocycles. The van der Waals surface area contributed by atoms with Gasteiger partial charge in [0.1, 0.15) is 6.61 Å². The largest absolute Gasteiger partial charge is 0.460 e. The zero-order valence-corrected chi connectivity index (χ0v) is 10.3. The lowest BCUT2D eigenvalue weighted by atomic mass is 10.4. The maximum Gasteiger partial charge on any atom is 0.333 e. The summed E-state index contributed by atoms with van der Waals surface area (Å²) in [6.45, 7) is 5.23. The molecule has 0 radical (unpaired) electrons. The van der Waals surface area contributed by atoms with Gasteiger partial charge in [-0.05, 0) is 6.92 Å². The predicted molar refractivity (Wildman–Crippen MR) is 62.8 cm³/mol. The minimum absolute atomic E-state index is 0.0297. The fourth-order valence-electron chi connectivity index (χ4n) is 0.746. The van der Waals surface area contributed by atoms with Crippen molar-refractivity contribution in [1.82, 2.24) is 10.6 Å². The average Bonchev–Trinajstić information content (AvgIpc) is 2.23. The van der Waals surface area contributed by atoms with E-state index in [1.54, 1.807) is 0 Å². The first kappa shape index (κ1) is 15.6. The third-order valence-corrected chi connectivity index (χ3v) is 2.08. The van der Waals surface area contributed by atoms with E-state index >= 15 is 0 Å². The second-order valence-corrected chi connectivity index (χ2v) is 4.18. The number of ether oxygens (including phenoxy) is 1. The molecule has 3 N–H and O–H groups in total. The normalized spacial score (nSPS) is 11.4. The molecule has 0 bridgehead atoms. The highest BCUT2D eigenvalue weighted by molar-refractivity contribution is 7.79. The van der Waals surface area contributed by atoms with E-state index in [1.165, 1.54) is 6.92 Å². The molecule has 1 atom stereocenters. The Kier molecular flexibility index (Phi) is 7.99. The average molecular weight is 264 g/mol. The minimum atomic E-state index is -1.92. The molecule has 0 aliphatic heterocycles. The Hall–Kier alpha value is -1.41. The Morgan fingerprint density at radius 2 is 1.94 bits per heavy atom. The lowest BCUT2D eigenvalue weighted by Crippen LogP contribution is -2.39. The van der Waals surface area contributed by atoms with Crippen molar-refractivity contribution in [3.8, 4) is 0 Å². The summed E-state index contributed by atoms with van der Waals surface area (Å²) in [5, 5.41) is 4.78. The van der Waals surface area contributed by atoms with Crippen LogP contribution in [-0.2, 0) is 20.6 Å². The summed E-state index contributed by atoms with van der Waals surface area (Å²) < 4.78 is 23.4. The van der Waals surface area contributed by atoms with Gasteiger partial charge < -0.3 is 19.9 Å². The minimum Gasteiger partial charge on any atom is -0.460 e. The van der Waals surface area contributed by atoms with Crippen LogP contribution in [0, 0.1) is 0 Å². The monoisotopic (exact) mass is 264 g/mol. The smallest absolute Gasteiger partial charge is 0.333 e. The van der Waals surface area contributed by atoms with Crippen LogP contribution >= 0.6 is 0 Å². The summed E-state index contributed by atoms with van der Waals surface area (Å²) in [5.74, 6) is -0.541. The van der Waals surface area contributed by atoms with Gasteiger partial charge in [0.25, 0.3) is 0 Å². The lowest BCUT2D eigenvalue weighted by Gasteiger charge is -2.07. The van der Waals surface area contributed by atoms with Gasteiger partial charge in [-0.15, -0.1) is 0 Å². The van der Waals surface area contributed by atoms with Crippen molar-refractivity contribution >= 4 is 23.1 Å². The van der Waals surface area contributed by atoms with Crippen LogP contribution in [0.15, 0.2) is 12.2 Å². The fourth-order valence-corrected chi connectivity index (χ4v) is 1.02. The van der Waals surface area contributed by atoms with E-state index < -0.39 is 23.1 Å². The van der Waals surface area contributed by atoms with Gasteiger partial charge >= 0.3 is 12.0 Å². The standard InChI is InChI=1S/C9H16N2O5S/c1-7(2)8(12)16-5-3-10-9(13)11-4-6-17(14)15/h1,3-6H2,2H3,(H,14,15)(H2,10,11,13). The van der Waals surface area contributed by atoms with Crippen molar-refractivity contribution in [2.24, 2.45) is 0 Å². The maximum atomic E-state index is 11.0. The van der Waals surface area contributed by atoms with Crippen LogP contribution in [-0.4, -0.2) is 46.2 Å². The van der Waals surface area contributed by atoms with Crippen molar-refractivity contribution in [1.29, 1.82) is 0 Å². The molecule has 0 aliphatic rings. The molecule has 0 rings (SSSR count). The van der Waals surface area contributed by atoms with Crippen LogP contribution in [0.25, 0.3) is 0 Å². The van der Waals surface area contributed by atoms with Crippen molar-refractivity contribution in [3.05, 3.63) is 12.2 Å². The number of esters is 1. The summed E-state index contributed by atoms with van der Waals surface area (Å²) in [6.07, 6.45) is 0. The van der Waals surface area contributed by atoms with Crippen LogP contribution in [0.3, 0.4) is 0 Å². The maximum absolute atomic E-state index is 11.0. The first-order chi connectivity index (χ1) is 7.93. The van der Waals surface area contributed by atoms with Gasteiger partial charge in [-0.25, -0.2) is 13.8 Å². The zero-order valence-electron chi connectivity index (χ0n) is 9.52. The number of rotatable bonds is 7. The quantitative estimate of drug-likeness (QED) is 0.252. The van der Waals surface area contributed by atoms with E-state index in [2.05, 4.69) is 17.2 Å². The molecule has 0 aromatic rings. The summed E-state index contributed by atoms with van der Waals surface area (Å²) in [5.41, 5.74) is 0.292. The van der Waals surface area contributed by atoms with E-state index in [-0.39, 0.29) is 25.4 Å². The van der Waals surface area contributed by atoms with E-state index in [0.29, 0.717) is 5.57 Å². The SMILES string of the molecule is C=C(C)C(=O)OCCNC(=O)NCCS(=O)O. The molecule has 7 nitrogen and oxygen atoms in total. The molecule has 0 fully saturated rings. The van der Waals surface area contributed by atoms with Gasteiger partial charge in [0.2, 0.25) is 0 Å². The van der Waals surface area contributed by atoms with Gasteiger partial charge in [0.15, 0.2) is 11.1 Å². The summed E-state index contributed by atoms with van der Waals surface area (Å²) >= 11 is -1.92. The molecule has 98 valence electrons. The number of hydrogen-bond acceptors (Lipinski definition) is 4. The Morgan fingerprint density at radius 3 is 2.47 bits per heavy atom. The zero-order chi connectivity index (χ0) is 13.3. The van der Waals surface area contributed by atoms with Crippen molar-refractivity contribution in [2.45, 2.75) is 6.92 Å². The molecule has 17 heavy (non-hydrogen) atoms. The molecule has 0 aromatic carbocycles. The molecule has 0 aromatic heterocycles. The number of nitrogens with one attached hydrogen (secondary N) is 2. The van der Waals surface area contributed by atoms with Crippen LogP contribution in [0.2, 0.25) is 0 Å². The Balaban J connectivity index is 3.48. The Bertz CT molecular complexity index is 319. The van der Waals surface area contributed by atoms with E-state index in [9.17, 15) is 13.8 Å². The van der Waals surface area contributed by atoms with Crippen LogP contribution in [0.1, 0.15) is 6.92 Å². The number of hydrogen-bond donors (Lipinski definition) is 3. The summed E-state index contributed by atoms with van der Waals surface area (Å²) in [4.78, 5) is 22.0. The molecule has 2 amide bonds. The highest BCUT2D eigenvalue weighted by atomic mass is 32.2. The number of carbonyl (C=O) groups excluding carboxylic acids is 2. The molecule has 0 saturated heterocycles. The van der Waals surface area contributed by atoms with Gasteiger partial charge in [-0.1, -0.05) is 6.58 Å². The van der Waals surface area contributed by atoms with Crippen molar-refractivity contribution < 1.29 is 23.1 Å². The first-order valence-electron chi connectivity index (χ1n) is 4.85. The summed E-state index contributed by atoms with van der Waals surface area (Å²) in [6, 6.07) is -0.484. The molecule has 1 unspecified atom stereocenters. The van der Waals surface area contributed by atoms with E-state index in [1.807, 2.05) is 0 Å². The number of carbonyl (C=O) groups is 2. The van der Waals surface area contributed by atoms with Crippen LogP contribution < -0.4 is 10.6 Å². The van der Waals surface area contributed by atoms with Gasteiger partial charge in [0, 0.05) is 12.1 Å². The summed E-state index contributed by atoms with van der Waals surface area (Å²) in [7, 11) is 0. The van der Waals surface area contributed by atoms with E-state index in [0.717, 1.165) is 0 Å². The van der Waals surface area contributed by atoms with Gasteiger partial charge in [-0.3, -0.25) is 0 Å². The Morgan fingerprint density at radius 1 is 1.35 bits per heavy atom. The number of amides is 2. The van der Waals surface area contributed by atoms with E-state index in [4.69, 9.17) is 9.29 Å². The molecule has 0 aliphatic carbocycles. The molecule has 8 heteroatoms. The highest BCUT2D eigenvalue weighted by Gasteiger charge is 2.03. The Labute approximate surface area is 102 Å². The van der Waals surface area contributed by atoms with Crippen LogP contribution in [0.4, 0.5) is 4.79 Å². The third-order valence-electron chi connectivity index (χ3n) is 1.53. The predicted octanol–water partition coefficient (Wildman–Crippen LogP) is -0.373. The van der Waals surface area contributed by atoms with Crippen LogP contribution in [0.5, 0.6) is 0 Å². The van der Waals surface area contributed by atoms with Crippen molar-refractivity contribution in [3.63, 3.8) is 0 Å².